The maximum absolute atomic E-state index is 13.9. The van der Waals surface area contributed by atoms with Crippen molar-refractivity contribution in [3.63, 3.8) is 0 Å². The van der Waals surface area contributed by atoms with Crippen LogP contribution in [-0.4, -0.2) is 51.9 Å². The van der Waals surface area contributed by atoms with Gasteiger partial charge in [-0.1, -0.05) is 41.9 Å². The first-order valence-corrected chi connectivity index (χ1v) is 13.1. The number of anilines is 1. The van der Waals surface area contributed by atoms with Gasteiger partial charge in [-0.15, -0.1) is 0 Å². The zero-order chi connectivity index (χ0) is 27.2. The standard InChI is InChI=1S/C26H27ClFN3O5S/c1-18(26(33)29-2)30(16-19-8-7-9-21(14-19)36-3)25(32)17-31(20-12-13-24(28)23(27)15-20)37(34,35)22-10-5-4-6-11-22/h4-15,18H,16-17H2,1-3H3,(H,29,33)/t18-/m1/s1. The van der Waals surface area contributed by atoms with E-state index in [0.717, 1.165) is 16.4 Å². The number of nitrogens with zero attached hydrogens (tertiary/aromatic N) is 2. The highest BCUT2D eigenvalue weighted by atomic mass is 35.5. The summed E-state index contributed by atoms with van der Waals surface area (Å²) in [5.74, 6) is -1.26. The molecule has 8 nitrogen and oxygen atoms in total. The highest BCUT2D eigenvalue weighted by molar-refractivity contribution is 7.92. The van der Waals surface area contributed by atoms with Crippen molar-refractivity contribution in [1.82, 2.24) is 10.2 Å². The SMILES string of the molecule is CNC(=O)[C@@H](C)N(Cc1cccc(OC)c1)C(=O)CN(c1ccc(F)c(Cl)c1)S(=O)(=O)c1ccccc1. The van der Waals surface area contributed by atoms with Crippen LogP contribution in [0.25, 0.3) is 0 Å². The largest absolute Gasteiger partial charge is 0.497 e. The molecule has 11 heteroatoms. The number of nitrogens with one attached hydrogen (secondary N) is 1. The van der Waals surface area contributed by atoms with Gasteiger partial charge in [0.05, 0.1) is 22.7 Å². The van der Waals surface area contributed by atoms with Gasteiger partial charge in [-0.05, 0) is 55.0 Å². The second kappa shape index (κ2) is 12.1. The molecule has 37 heavy (non-hydrogen) atoms. The summed E-state index contributed by atoms with van der Waals surface area (Å²) in [6.45, 7) is 0.889. The molecule has 0 aliphatic rings. The molecule has 3 rings (SSSR count). The minimum Gasteiger partial charge on any atom is -0.497 e. The van der Waals surface area contributed by atoms with Crippen LogP contribution in [0.5, 0.6) is 5.75 Å². The summed E-state index contributed by atoms with van der Waals surface area (Å²) in [5.41, 5.74) is 0.670. The molecule has 0 heterocycles. The van der Waals surface area contributed by atoms with E-state index in [2.05, 4.69) is 5.32 Å². The molecule has 0 spiro atoms. The molecule has 0 aliphatic carbocycles. The number of hydrogen-bond acceptors (Lipinski definition) is 5. The minimum absolute atomic E-state index is 0.00229. The van der Waals surface area contributed by atoms with Gasteiger partial charge < -0.3 is 15.0 Å². The Kier molecular flexibility index (Phi) is 9.12. The number of benzene rings is 3. The van der Waals surface area contributed by atoms with Gasteiger partial charge in [0.2, 0.25) is 11.8 Å². The van der Waals surface area contributed by atoms with Gasteiger partial charge >= 0.3 is 0 Å². The number of sulfonamides is 1. The summed E-state index contributed by atoms with van der Waals surface area (Å²) < 4.78 is 47.2. The van der Waals surface area contributed by atoms with Gasteiger partial charge in [0.15, 0.2) is 0 Å². The number of carbonyl (C=O) groups is 2. The maximum Gasteiger partial charge on any atom is 0.264 e. The number of hydrogen-bond donors (Lipinski definition) is 1. The van der Waals surface area contributed by atoms with Gasteiger partial charge in [-0.25, -0.2) is 12.8 Å². The Morgan fingerprint density at radius 1 is 1.05 bits per heavy atom. The molecule has 0 radical (unpaired) electrons. The zero-order valence-corrected chi connectivity index (χ0v) is 22.1. The Labute approximate surface area is 220 Å². The molecule has 0 unspecified atom stereocenters. The van der Waals surface area contributed by atoms with Crippen LogP contribution in [0.2, 0.25) is 5.02 Å². The Balaban J connectivity index is 2.05. The van der Waals surface area contributed by atoms with Crippen molar-refractivity contribution in [3.05, 3.63) is 89.2 Å². The van der Waals surface area contributed by atoms with Gasteiger partial charge in [0.25, 0.3) is 10.0 Å². The summed E-state index contributed by atoms with van der Waals surface area (Å²) in [6.07, 6.45) is 0. The van der Waals surface area contributed by atoms with Crippen LogP contribution in [0, 0.1) is 5.82 Å². The average Bonchev–Trinajstić information content (AvgIpc) is 2.91. The van der Waals surface area contributed by atoms with Gasteiger partial charge in [0.1, 0.15) is 24.2 Å². The molecule has 0 aromatic heterocycles. The highest BCUT2D eigenvalue weighted by Crippen LogP contribution is 2.28. The normalized spacial score (nSPS) is 11.9. The highest BCUT2D eigenvalue weighted by Gasteiger charge is 2.32. The summed E-state index contributed by atoms with van der Waals surface area (Å²) in [6, 6.07) is 17.0. The molecular formula is C26H27ClFN3O5S. The average molecular weight is 548 g/mol. The fraction of sp³-hybridized carbons (Fsp3) is 0.231. The molecule has 3 aromatic rings. The van der Waals surface area contributed by atoms with Crippen LogP contribution in [0.1, 0.15) is 12.5 Å². The lowest BCUT2D eigenvalue weighted by molar-refractivity contribution is -0.139. The second-order valence-electron chi connectivity index (χ2n) is 8.09. The number of halogens is 2. The molecule has 196 valence electrons. The molecule has 0 aliphatic heterocycles. The summed E-state index contributed by atoms with van der Waals surface area (Å²) >= 11 is 5.94. The predicted octanol–water partition coefficient (Wildman–Crippen LogP) is 3.85. The van der Waals surface area contributed by atoms with E-state index in [1.54, 1.807) is 49.4 Å². The zero-order valence-electron chi connectivity index (χ0n) is 20.5. The molecule has 0 saturated carbocycles. The van der Waals surface area contributed by atoms with E-state index >= 15 is 0 Å². The molecular weight excluding hydrogens is 521 g/mol. The summed E-state index contributed by atoms with van der Waals surface area (Å²) in [7, 11) is -1.31. The lowest BCUT2D eigenvalue weighted by Crippen LogP contribution is -2.50. The molecule has 2 amide bonds. The van der Waals surface area contributed by atoms with Crippen molar-refractivity contribution in [3.8, 4) is 5.75 Å². The topological polar surface area (TPSA) is 96.0 Å². The van der Waals surface area contributed by atoms with E-state index in [9.17, 15) is 22.4 Å². The Bertz CT molecular complexity index is 1370. The van der Waals surface area contributed by atoms with Gasteiger partial charge in [0, 0.05) is 13.6 Å². The third kappa shape index (κ3) is 6.58. The molecule has 1 atom stereocenters. The van der Waals surface area contributed by atoms with Crippen LogP contribution < -0.4 is 14.4 Å². The van der Waals surface area contributed by atoms with E-state index < -0.39 is 40.2 Å². The first-order chi connectivity index (χ1) is 17.6. The molecule has 0 saturated heterocycles. The van der Waals surface area contributed by atoms with Crippen molar-refractivity contribution >= 4 is 39.1 Å². The first kappa shape index (κ1) is 27.9. The molecule has 0 fully saturated rings. The third-order valence-electron chi connectivity index (χ3n) is 5.70. The first-order valence-electron chi connectivity index (χ1n) is 11.2. The number of likely N-dealkylation sites (N-methyl/N-ethyl adjacent to an activating group) is 1. The van der Waals surface area contributed by atoms with Crippen molar-refractivity contribution in [1.29, 1.82) is 0 Å². The van der Waals surface area contributed by atoms with E-state index in [1.165, 1.54) is 37.3 Å². The van der Waals surface area contributed by atoms with Crippen molar-refractivity contribution in [2.75, 3.05) is 25.0 Å². The number of rotatable bonds is 10. The molecule has 1 N–H and O–H groups in total. The second-order valence-corrected chi connectivity index (χ2v) is 10.4. The predicted molar refractivity (Wildman–Crippen MR) is 139 cm³/mol. The minimum atomic E-state index is -4.26. The van der Waals surface area contributed by atoms with Crippen LogP contribution in [0.3, 0.4) is 0 Å². The Hall–Kier alpha value is -3.63. The van der Waals surface area contributed by atoms with E-state index in [4.69, 9.17) is 16.3 Å². The summed E-state index contributed by atoms with van der Waals surface area (Å²) in [4.78, 5) is 27.4. The smallest absolute Gasteiger partial charge is 0.264 e. The van der Waals surface area contributed by atoms with Gasteiger partial charge in [-0.3, -0.25) is 13.9 Å². The fourth-order valence-electron chi connectivity index (χ4n) is 3.65. The van der Waals surface area contributed by atoms with E-state index in [-0.39, 0.29) is 22.2 Å². The van der Waals surface area contributed by atoms with Crippen LogP contribution in [0.4, 0.5) is 10.1 Å². The van der Waals surface area contributed by atoms with E-state index in [0.29, 0.717) is 11.3 Å². The quantitative estimate of drug-likeness (QED) is 0.416. The van der Waals surface area contributed by atoms with Crippen LogP contribution >= 0.6 is 11.6 Å². The Morgan fingerprint density at radius 3 is 2.38 bits per heavy atom. The monoisotopic (exact) mass is 547 g/mol. The third-order valence-corrected chi connectivity index (χ3v) is 7.78. The maximum atomic E-state index is 13.9. The number of methoxy groups -OCH3 is 1. The Morgan fingerprint density at radius 2 is 1.76 bits per heavy atom. The lowest BCUT2D eigenvalue weighted by Gasteiger charge is -2.32. The number of amides is 2. The lowest BCUT2D eigenvalue weighted by atomic mass is 10.1. The van der Waals surface area contributed by atoms with E-state index in [1.807, 2.05) is 0 Å². The van der Waals surface area contributed by atoms with Crippen LogP contribution in [0.15, 0.2) is 77.7 Å². The van der Waals surface area contributed by atoms with Crippen LogP contribution in [-0.2, 0) is 26.2 Å². The van der Waals surface area contributed by atoms with Gasteiger partial charge in [-0.2, -0.15) is 0 Å². The molecule has 3 aromatic carbocycles. The van der Waals surface area contributed by atoms with Crippen molar-refractivity contribution in [2.45, 2.75) is 24.4 Å². The fourth-order valence-corrected chi connectivity index (χ4v) is 5.25. The summed E-state index contributed by atoms with van der Waals surface area (Å²) in [5, 5.41) is 2.21. The van der Waals surface area contributed by atoms with Crippen molar-refractivity contribution in [2.24, 2.45) is 0 Å². The van der Waals surface area contributed by atoms with Crippen molar-refractivity contribution < 1.29 is 27.1 Å². The molecule has 0 bridgehead atoms. The number of ether oxygens (including phenoxy) is 1. The number of carbonyl (C=O) groups excluding carboxylic acids is 2.